The fourth-order valence-electron chi connectivity index (χ4n) is 2.49. The molecular weight excluding hydrogens is 278 g/mol. The third kappa shape index (κ3) is 2.26. The molecule has 1 aliphatic heterocycles. The van der Waals surface area contributed by atoms with Crippen molar-refractivity contribution in [2.75, 3.05) is 6.54 Å². The summed E-state index contributed by atoms with van der Waals surface area (Å²) in [6, 6.07) is 8.73. The van der Waals surface area contributed by atoms with Crippen LogP contribution in [0.25, 0.3) is 11.0 Å². The van der Waals surface area contributed by atoms with Gasteiger partial charge >= 0.3 is 0 Å². The first kappa shape index (κ1) is 11.3. The van der Waals surface area contributed by atoms with Crippen LogP contribution in [0.15, 0.2) is 33.2 Å². The molecule has 0 amide bonds. The van der Waals surface area contributed by atoms with Crippen molar-refractivity contribution in [3.8, 4) is 0 Å². The summed E-state index contributed by atoms with van der Waals surface area (Å²) in [7, 11) is 0. The lowest BCUT2D eigenvalue weighted by molar-refractivity contribution is 0.426. The Morgan fingerprint density at radius 3 is 3.06 bits per heavy atom. The summed E-state index contributed by atoms with van der Waals surface area (Å²) in [5.74, 6) is 1.08. The van der Waals surface area contributed by atoms with Gasteiger partial charge in [0.15, 0.2) is 0 Å². The normalized spacial score (nSPS) is 21.6. The van der Waals surface area contributed by atoms with Crippen LogP contribution in [-0.2, 0) is 0 Å². The molecule has 1 aromatic heterocycles. The van der Waals surface area contributed by atoms with Gasteiger partial charge in [0.25, 0.3) is 0 Å². The minimum absolute atomic E-state index is 0.386. The summed E-state index contributed by atoms with van der Waals surface area (Å²) in [5, 5.41) is 4.75. The zero-order chi connectivity index (χ0) is 11.7. The van der Waals surface area contributed by atoms with E-state index in [0.717, 1.165) is 22.4 Å². The second-order valence-corrected chi connectivity index (χ2v) is 5.52. The molecule has 90 valence electrons. The standard InChI is InChI=1S/C14H16BrNO/c15-11-6-4-5-10-9-13(17-14(10)11)12-7-2-1-3-8-16-12/h4-6,9,12,16H,1-3,7-8H2. The SMILES string of the molecule is Brc1cccc2cc(C3CCCCCN3)oc12. The van der Waals surface area contributed by atoms with E-state index in [4.69, 9.17) is 4.42 Å². The van der Waals surface area contributed by atoms with Crippen LogP contribution in [0.5, 0.6) is 0 Å². The molecule has 1 fully saturated rings. The summed E-state index contributed by atoms with van der Waals surface area (Å²) in [4.78, 5) is 0. The van der Waals surface area contributed by atoms with Gasteiger partial charge in [-0.15, -0.1) is 0 Å². The third-order valence-electron chi connectivity index (χ3n) is 3.42. The molecule has 1 saturated heterocycles. The van der Waals surface area contributed by atoms with E-state index in [1.54, 1.807) is 0 Å². The Morgan fingerprint density at radius 2 is 2.18 bits per heavy atom. The quantitative estimate of drug-likeness (QED) is 0.843. The molecule has 1 unspecified atom stereocenters. The van der Waals surface area contributed by atoms with Gasteiger partial charge in [0, 0.05) is 5.39 Å². The highest BCUT2D eigenvalue weighted by atomic mass is 79.9. The Bertz CT molecular complexity index is 512. The lowest BCUT2D eigenvalue weighted by Gasteiger charge is -2.12. The van der Waals surface area contributed by atoms with Gasteiger partial charge in [-0.3, -0.25) is 0 Å². The summed E-state index contributed by atoms with van der Waals surface area (Å²) in [5.41, 5.74) is 0.966. The number of furan rings is 1. The number of nitrogens with one attached hydrogen (secondary N) is 1. The highest BCUT2D eigenvalue weighted by Crippen LogP contribution is 2.32. The predicted octanol–water partition coefficient (Wildman–Crippen LogP) is 4.40. The second-order valence-electron chi connectivity index (χ2n) is 4.66. The van der Waals surface area contributed by atoms with Gasteiger partial charge in [-0.1, -0.05) is 25.0 Å². The molecule has 1 N–H and O–H groups in total. The first-order valence-corrected chi connectivity index (χ1v) is 7.05. The minimum atomic E-state index is 0.386. The number of hydrogen-bond donors (Lipinski definition) is 1. The Hall–Kier alpha value is -0.800. The van der Waals surface area contributed by atoms with Crippen molar-refractivity contribution in [1.82, 2.24) is 5.32 Å². The van der Waals surface area contributed by atoms with Crippen molar-refractivity contribution in [1.29, 1.82) is 0 Å². The van der Waals surface area contributed by atoms with Crippen LogP contribution in [0.4, 0.5) is 0 Å². The fraction of sp³-hybridized carbons (Fsp3) is 0.429. The molecule has 0 aliphatic carbocycles. The lowest BCUT2D eigenvalue weighted by Crippen LogP contribution is -2.19. The predicted molar refractivity (Wildman–Crippen MR) is 73.1 cm³/mol. The van der Waals surface area contributed by atoms with E-state index in [2.05, 4.69) is 33.4 Å². The highest BCUT2D eigenvalue weighted by Gasteiger charge is 2.18. The van der Waals surface area contributed by atoms with Crippen molar-refractivity contribution in [3.63, 3.8) is 0 Å². The van der Waals surface area contributed by atoms with E-state index >= 15 is 0 Å². The molecule has 2 aromatic rings. The highest BCUT2D eigenvalue weighted by molar-refractivity contribution is 9.10. The molecule has 0 saturated carbocycles. The first-order valence-electron chi connectivity index (χ1n) is 6.26. The van der Waals surface area contributed by atoms with E-state index in [-0.39, 0.29) is 0 Å². The Morgan fingerprint density at radius 1 is 1.24 bits per heavy atom. The maximum Gasteiger partial charge on any atom is 0.148 e. The maximum atomic E-state index is 5.98. The largest absolute Gasteiger partial charge is 0.458 e. The number of halogens is 1. The number of benzene rings is 1. The van der Waals surface area contributed by atoms with Gasteiger partial charge in [0.1, 0.15) is 11.3 Å². The number of rotatable bonds is 1. The average Bonchev–Trinajstić information content (AvgIpc) is 2.59. The van der Waals surface area contributed by atoms with Crippen LogP contribution in [0.1, 0.15) is 37.5 Å². The molecule has 0 spiro atoms. The smallest absolute Gasteiger partial charge is 0.148 e. The molecule has 3 rings (SSSR count). The minimum Gasteiger partial charge on any atom is -0.458 e. The molecule has 1 aromatic carbocycles. The van der Waals surface area contributed by atoms with E-state index in [1.165, 1.54) is 31.1 Å². The Labute approximate surface area is 110 Å². The number of hydrogen-bond acceptors (Lipinski definition) is 2. The zero-order valence-electron chi connectivity index (χ0n) is 9.71. The molecule has 2 heterocycles. The van der Waals surface area contributed by atoms with E-state index in [9.17, 15) is 0 Å². The monoisotopic (exact) mass is 293 g/mol. The number of para-hydroxylation sites is 1. The lowest BCUT2D eigenvalue weighted by atomic mass is 10.1. The van der Waals surface area contributed by atoms with Crippen LogP contribution in [-0.4, -0.2) is 6.54 Å². The van der Waals surface area contributed by atoms with E-state index in [0.29, 0.717) is 6.04 Å². The molecule has 1 atom stereocenters. The van der Waals surface area contributed by atoms with Gasteiger partial charge in [-0.25, -0.2) is 0 Å². The van der Waals surface area contributed by atoms with Gasteiger partial charge < -0.3 is 9.73 Å². The van der Waals surface area contributed by atoms with Crippen molar-refractivity contribution in [3.05, 3.63) is 34.5 Å². The van der Waals surface area contributed by atoms with Crippen LogP contribution in [0, 0.1) is 0 Å². The topological polar surface area (TPSA) is 25.2 Å². The number of fused-ring (bicyclic) bond motifs is 1. The molecular formula is C14H16BrNO. The van der Waals surface area contributed by atoms with Crippen LogP contribution in [0.2, 0.25) is 0 Å². The van der Waals surface area contributed by atoms with Gasteiger partial charge in [0.05, 0.1) is 10.5 Å². The molecule has 3 heteroatoms. The van der Waals surface area contributed by atoms with Gasteiger partial charge in [-0.2, -0.15) is 0 Å². The van der Waals surface area contributed by atoms with E-state index in [1.807, 2.05) is 12.1 Å². The van der Waals surface area contributed by atoms with Crippen molar-refractivity contribution in [2.24, 2.45) is 0 Å². The summed E-state index contributed by atoms with van der Waals surface area (Å²) < 4.78 is 7.02. The van der Waals surface area contributed by atoms with Gasteiger partial charge in [-0.05, 0) is 47.4 Å². The van der Waals surface area contributed by atoms with Crippen LogP contribution >= 0.6 is 15.9 Å². The van der Waals surface area contributed by atoms with Crippen molar-refractivity contribution in [2.45, 2.75) is 31.7 Å². The molecule has 0 radical (unpaired) electrons. The molecule has 0 bridgehead atoms. The zero-order valence-corrected chi connectivity index (χ0v) is 11.3. The molecule has 17 heavy (non-hydrogen) atoms. The molecule has 2 nitrogen and oxygen atoms in total. The summed E-state index contributed by atoms with van der Waals surface area (Å²) >= 11 is 3.54. The van der Waals surface area contributed by atoms with Crippen molar-refractivity contribution < 1.29 is 4.42 Å². The van der Waals surface area contributed by atoms with Gasteiger partial charge in [0.2, 0.25) is 0 Å². The maximum absolute atomic E-state index is 5.98. The summed E-state index contributed by atoms with van der Waals surface area (Å²) in [6.45, 7) is 1.10. The average molecular weight is 294 g/mol. The third-order valence-corrected chi connectivity index (χ3v) is 4.04. The van der Waals surface area contributed by atoms with Crippen LogP contribution in [0.3, 0.4) is 0 Å². The van der Waals surface area contributed by atoms with Crippen LogP contribution < -0.4 is 5.32 Å². The second kappa shape index (κ2) is 4.83. The Kier molecular flexibility index (Phi) is 3.21. The fourth-order valence-corrected chi connectivity index (χ4v) is 2.95. The molecule has 1 aliphatic rings. The van der Waals surface area contributed by atoms with E-state index < -0.39 is 0 Å². The van der Waals surface area contributed by atoms with Crippen molar-refractivity contribution >= 4 is 26.9 Å². The summed E-state index contributed by atoms with van der Waals surface area (Å²) in [6.07, 6.45) is 5.07. The Balaban J connectivity index is 1.96. The first-order chi connectivity index (χ1) is 8.34.